The maximum atomic E-state index is 15.1. The van der Waals surface area contributed by atoms with Gasteiger partial charge in [0.1, 0.15) is 0 Å². The van der Waals surface area contributed by atoms with Crippen molar-refractivity contribution < 1.29 is 14.0 Å². The van der Waals surface area contributed by atoms with Gasteiger partial charge in [-0.1, -0.05) is 12.1 Å². The molecule has 0 aliphatic carbocycles. The summed E-state index contributed by atoms with van der Waals surface area (Å²) in [6.07, 6.45) is 3.70. The molecular formula is C24H31FN6O2. The molecule has 0 unspecified atom stereocenters. The minimum Gasteiger partial charge on any atom is -0.325 e. The molecule has 1 aromatic carbocycles. The Balaban J connectivity index is 1.34. The van der Waals surface area contributed by atoms with Gasteiger partial charge in [-0.25, -0.2) is 14.0 Å². The lowest BCUT2D eigenvalue weighted by atomic mass is 10.1. The standard InChI is InChI=1S/C24H31FN6O2/c1-17-8-9-20(14-26-17)27-23(32)28-21-7-5-6-19(22(21)25)16-29-12-13-31(18(2)15-29)24(33)30-10-3-4-11-30/h5-9,14,18H,3-4,10-13,15-16H2,1-2H3,(H2,27,28,32)/t18-/m1/s1. The van der Waals surface area contributed by atoms with Crippen LogP contribution in [0.25, 0.3) is 0 Å². The Labute approximate surface area is 193 Å². The SMILES string of the molecule is Cc1ccc(NC(=O)Nc2cccc(CN3CCN(C(=O)N4CCCC4)[C@H](C)C3)c2F)cn1. The number of piperazine rings is 1. The van der Waals surface area contributed by atoms with Crippen LogP contribution in [0.1, 0.15) is 31.0 Å². The zero-order valence-electron chi connectivity index (χ0n) is 19.2. The molecule has 176 valence electrons. The van der Waals surface area contributed by atoms with E-state index in [1.54, 1.807) is 36.5 Å². The highest BCUT2D eigenvalue weighted by atomic mass is 19.1. The van der Waals surface area contributed by atoms with E-state index in [9.17, 15) is 9.59 Å². The lowest BCUT2D eigenvalue weighted by Gasteiger charge is -2.41. The van der Waals surface area contributed by atoms with E-state index in [4.69, 9.17) is 0 Å². The molecule has 4 amide bonds. The van der Waals surface area contributed by atoms with Crippen molar-refractivity contribution in [2.24, 2.45) is 0 Å². The normalized spacial score (nSPS) is 18.9. The molecule has 2 saturated heterocycles. The van der Waals surface area contributed by atoms with E-state index in [0.717, 1.165) is 31.6 Å². The van der Waals surface area contributed by atoms with E-state index in [1.807, 2.05) is 23.6 Å². The molecule has 0 saturated carbocycles. The Morgan fingerprint density at radius 2 is 1.88 bits per heavy atom. The monoisotopic (exact) mass is 454 g/mol. The summed E-state index contributed by atoms with van der Waals surface area (Å²) in [6.45, 7) is 7.98. The van der Waals surface area contributed by atoms with Gasteiger partial charge in [0.05, 0.1) is 17.6 Å². The molecule has 2 N–H and O–H groups in total. The number of hydrogen-bond acceptors (Lipinski definition) is 4. The molecule has 2 aliphatic heterocycles. The van der Waals surface area contributed by atoms with Crippen molar-refractivity contribution in [3.8, 4) is 0 Å². The van der Waals surface area contributed by atoms with Crippen molar-refractivity contribution in [3.05, 3.63) is 53.6 Å². The molecule has 2 aliphatic rings. The first-order chi connectivity index (χ1) is 15.9. The smallest absolute Gasteiger partial charge is 0.323 e. The Morgan fingerprint density at radius 1 is 1.09 bits per heavy atom. The number of urea groups is 2. The fourth-order valence-electron chi connectivity index (χ4n) is 4.42. The number of anilines is 2. The lowest BCUT2D eigenvalue weighted by Crippen LogP contribution is -2.56. The van der Waals surface area contributed by atoms with Crippen LogP contribution >= 0.6 is 0 Å². The number of rotatable bonds is 4. The molecule has 1 aromatic heterocycles. The van der Waals surface area contributed by atoms with E-state index in [2.05, 4.69) is 20.5 Å². The Morgan fingerprint density at radius 3 is 2.58 bits per heavy atom. The summed E-state index contributed by atoms with van der Waals surface area (Å²) < 4.78 is 15.1. The summed E-state index contributed by atoms with van der Waals surface area (Å²) >= 11 is 0. The van der Waals surface area contributed by atoms with Crippen molar-refractivity contribution in [2.75, 3.05) is 43.4 Å². The molecular weight excluding hydrogens is 423 g/mol. The second kappa shape index (κ2) is 10.2. The first-order valence-electron chi connectivity index (χ1n) is 11.5. The second-order valence-corrected chi connectivity index (χ2v) is 8.80. The molecule has 2 aromatic rings. The minimum absolute atomic E-state index is 0.0603. The number of nitrogens with zero attached hydrogens (tertiary/aromatic N) is 4. The van der Waals surface area contributed by atoms with Crippen molar-refractivity contribution in [1.82, 2.24) is 19.7 Å². The summed E-state index contributed by atoms with van der Waals surface area (Å²) in [5.41, 5.74) is 2.01. The van der Waals surface area contributed by atoms with Crippen LogP contribution < -0.4 is 10.6 Å². The molecule has 2 fully saturated rings. The van der Waals surface area contributed by atoms with Crippen LogP contribution in [0, 0.1) is 12.7 Å². The van der Waals surface area contributed by atoms with Gasteiger partial charge < -0.3 is 20.4 Å². The number of amides is 4. The highest BCUT2D eigenvalue weighted by Crippen LogP contribution is 2.22. The Bertz CT molecular complexity index is 993. The summed E-state index contributed by atoms with van der Waals surface area (Å²) in [6, 6.07) is 8.19. The zero-order valence-corrected chi connectivity index (χ0v) is 19.2. The summed E-state index contributed by atoms with van der Waals surface area (Å²) in [7, 11) is 0. The molecule has 0 spiro atoms. The molecule has 4 rings (SSSR count). The van der Waals surface area contributed by atoms with E-state index >= 15 is 4.39 Å². The first-order valence-corrected chi connectivity index (χ1v) is 11.5. The highest BCUT2D eigenvalue weighted by molar-refractivity contribution is 5.99. The average Bonchev–Trinajstić information content (AvgIpc) is 3.33. The molecule has 1 atom stereocenters. The van der Waals surface area contributed by atoms with Gasteiger partial charge in [-0.2, -0.15) is 0 Å². The topological polar surface area (TPSA) is 80.8 Å². The van der Waals surface area contributed by atoms with Gasteiger partial charge in [0.2, 0.25) is 0 Å². The van der Waals surface area contributed by atoms with E-state index < -0.39 is 11.8 Å². The number of halogens is 1. The van der Waals surface area contributed by atoms with Crippen LogP contribution in [0.3, 0.4) is 0 Å². The first kappa shape index (κ1) is 23.0. The van der Waals surface area contributed by atoms with Gasteiger partial charge in [-0.3, -0.25) is 9.88 Å². The highest BCUT2D eigenvalue weighted by Gasteiger charge is 2.31. The predicted molar refractivity (Wildman–Crippen MR) is 126 cm³/mol. The van der Waals surface area contributed by atoms with Gasteiger partial charge in [0.15, 0.2) is 5.82 Å². The zero-order chi connectivity index (χ0) is 23.4. The van der Waals surface area contributed by atoms with Gasteiger partial charge in [0, 0.05) is 56.6 Å². The Hall–Kier alpha value is -3.20. The van der Waals surface area contributed by atoms with Crippen molar-refractivity contribution in [2.45, 2.75) is 39.3 Å². The molecule has 9 heteroatoms. The number of aromatic nitrogens is 1. The van der Waals surface area contributed by atoms with Crippen LogP contribution in [0.4, 0.5) is 25.4 Å². The largest absolute Gasteiger partial charge is 0.325 e. The van der Waals surface area contributed by atoms with E-state index in [-0.39, 0.29) is 17.8 Å². The number of hydrogen-bond donors (Lipinski definition) is 2. The van der Waals surface area contributed by atoms with Crippen LogP contribution in [0.5, 0.6) is 0 Å². The predicted octanol–water partition coefficient (Wildman–Crippen LogP) is 3.90. The number of carbonyl (C=O) groups is 2. The number of likely N-dealkylation sites (tertiary alicyclic amines) is 1. The fraction of sp³-hybridized carbons (Fsp3) is 0.458. The molecule has 8 nitrogen and oxygen atoms in total. The van der Waals surface area contributed by atoms with Crippen molar-refractivity contribution >= 4 is 23.4 Å². The third-order valence-electron chi connectivity index (χ3n) is 6.22. The number of aryl methyl sites for hydroxylation is 1. The number of benzene rings is 1. The molecule has 0 radical (unpaired) electrons. The second-order valence-electron chi connectivity index (χ2n) is 8.80. The quantitative estimate of drug-likeness (QED) is 0.734. The van der Waals surface area contributed by atoms with Gasteiger partial charge in [0.25, 0.3) is 0 Å². The maximum absolute atomic E-state index is 15.1. The van der Waals surface area contributed by atoms with Crippen molar-refractivity contribution in [1.29, 1.82) is 0 Å². The number of nitrogens with one attached hydrogen (secondary N) is 2. The summed E-state index contributed by atoms with van der Waals surface area (Å²) in [5.74, 6) is -0.446. The lowest BCUT2D eigenvalue weighted by molar-refractivity contribution is 0.0810. The number of carbonyl (C=O) groups excluding carboxylic acids is 2. The van der Waals surface area contributed by atoms with E-state index in [1.165, 1.54) is 0 Å². The molecule has 0 bridgehead atoms. The third kappa shape index (κ3) is 5.60. The molecule has 3 heterocycles. The van der Waals surface area contributed by atoms with Crippen LogP contribution in [0.15, 0.2) is 36.5 Å². The van der Waals surface area contributed by atoms with Gasteiger partial charge >= 0.3 is 12.1 Å². The van der Waals surface area contributed by atoms with Gasteiger partial charge in [-0.05, 0) is 44.9 Å². The van der Waals surface area contributed by atoms with Crippen LogP contribution in [-0.2, 0) is 6.54 Å². The van der Waals surface area contributed by atoms with Gasteiger partial charge in [-0.15, -0.1) is 0 Å². The van der Waals surface area contributed by atoms with Crippen LogP contribution in [-0.4, -0.2) is 70.5 Å². The maximum Gasteiger partial charge on any atom is 0.323 e. The number of pyridine rings is 1. The summed E-state index contributed by atoms with van der Waals surface area (Å²) in [5, 5.41) is 5.24. The Kier molecular flexibility index (Phi) is 7.08. The molecule has 33 heavy (non-hydrogen) atoms. The van der Waals surface area contributed by atoms with E-state index in [0.29, 0.717) is 37.4 Å². The minimum atomic E-state index is -0.528. The average molecular weight is 455 g/mol. The van der Waals surface area contributed by atoms with Crippen LogP contribution in [0.2, 0.25) is 0 Å². The summed E-state index contributed by atoms with van der Waals surface area (Å²) in [4.78, 5) is 35.2. The van der Waals surface area contributed by atoms with Crippen molar-refractivity contribution in [3.63, 3.8) is 0 Å². The third-order valence-corrected chi connectivity index (χ3v) is 6.22. The fourth-order valence-corrected chi connectivity index (χ4v) is 4.42.